The van der Waals surface area contributed by atoms with Crippen LogP contribution in [0.3, 0.4) is 0 Å². The maximum Gasteiger partial charge on any atom is 0.242 e. The molecule has 0 bridgehead atoms. The molecule has 3 N–H and O–H groups in total. The third-order valence-electron chi connectivity index (χ3n) is 3.03. The van der Waals surface area contributed by atoms with Gasteiger partial charge in [-0.3, -0.25) is 0 Å². The van der Waals surface area contributed by atoms with Gasteiger partial charge in [0.1, 0.15) is 4.90 Å². The number of nitrogens with one attached hydrogen (secondary N) is 1. The SMILES string of the molecule is Nc1ccccc1S(=O)(=O)NCCN1CCSCC1. The van der Waals surface area contributed by atoms with Crippen molar-refractivity contribution in [2.75, 3.05) is 43.4 Å². The van der Waals surface area contributed by atoms with Gasteiger partial charge in [-0.1, -0.05) is 12.1 Å². The second-order valence-electron chi connectivity index (χ2n) is 4.39. The molecule has 1 saturated heterocycles. The van der Waals surface area contributed by atoms with Crippen molar-refractivity contribution in [2.24, 2.45) is 0 Å². The minimum absolute atomic E-state index is 0.157. The highest BCUT2D eigenvalue weighted by molar-refractivity contribution is 7.99. The quantitative estimate of drug-likeness (QED) is 0.779. The molecule has 5 nitrogen and oxygen atoms in total. The molecule has 1 aromatic carbocycles. The van der Waals surface area contributed by atoms with E-state index < -0.39 is 10.0 Å². The zero-order valence-corrected chi connectivity index (χ0v) is 12.3. The van der Waals surface area contributed by atoms with Gasteiger partial charge >= 0.3 is 0 Å². The van der Waals surface area contributed by atoms with E-state index in [1.807, 2.05) is 11.8 Å². The Morgan fingerprint density at radius 1 is 1.26 bits per heavy atom. The summed E-state index contributed by atoms with van der Waals surface area (Å²) in [5.41, 5.74) is 5.97. The van der Waals surface area contributed by atoms with Crippen molar-refractivity contribution in [2.45, 2.75) is 4.90 Å². The van der Waals surface area contributed by atoms with Crippen molar-refractivity contribution in [1.82, 2.24) is 9.62 Å². The summed E-state index contributed by atoms with van der Waals surface area (Å²) in [5, 5.41) is 0. The van der Waals surface area contributed by atoms with Gasteiger partial charge in [-0.15, -0.1) is 0 Å². The molecular weight excluding hydrogens is 282 g/mol. The Morgan fingerprint density at radius 2 is 1.95 bits per heavy atom. The second-order valence-corrected chi connectivity index (χ2v) is 7.35. The van der Waals surface area contributed by atoms with Crippen LogP contribution in [0.2, 0.25) is 0 Å². The smallest absolute Gasteiger partial charge is 0.242 e. The van der Waals surface area contributed by atoms with Crippen molar-refractivity contribution >= 4 is 27.5 Å². The van der Waals surface area contributed by atoms with Gasteiger partial charge in [0.05, 0.1) is 5.69 Å². The maximum absolute atomic E-state index is 12.1. The molecule has 0 amide bonds. The molecule has 0 unspecified atom stereocenters. The van der Waals surface area contributed by atoms with E-state index in [0.29, 0.717) is 6.54 Å². The van der Waals surface area contributed by atoms with Crippen molar-refractivity contribution in [1.29, 1.82) is 0 Å². The number of nitrogens with zero attached hydrogens (tertiary/aromatic N) is 1. The van der Waals surface area contributed by atoms with Crippen molar-refractivity contribution in [3.63, 3.8) is 0 Å². The van der Waals surface area contributed by atoms with Gasteiger partial charge in [0, 0.05) is 37.7 Å². The highest BCUT2D eigenvalue weighted by atomic mass is 32.2. The number of rotatable bonds is 5. The number of hydrogen-bond acceptors (Lipinski definition) is 5. The molecule has 2 rings (SSSR count). The first-order valence-electron chi connectivity index (χ1n) is 6.24. The molecule has 1 heterocycles. The third-order valence-corrected chi connectivity index (χ3v) is 5.51. The predicted octanol–water partition coefficient (Wildman–Crippen LogP) is 0.596. The van der Waals surface area contributed by atoms with Gasteiger partial charge in [-0.05, 0) is 12.1 Å². The molecule has 0 aromatic heterocycles. The minimum Gasteiger partial charge on any atom is -0.398 e. The fraction of sp³-hybridized carbons (Fsp3) is 0.500. The van der Waals surface area contributed by atoms with E-state index in [1.54, 1.807) is 18.2 Å². The van der Waals surface area contributed by atoms with E-state index in [2.05, 4.69) is 9.62 Å². The number of sulfonamides is 1. The van der Waals surface area contributed by atoms with Crippen molar-refractivity contribution < 1.29 is 8.42 Å². The van der Waals surface area contributed by atoms with Crippen LogP contribution in [0.1, 0.15) is 0 Å². The van der Waals surface area contributed by atoms with Gasteiger partial charge < -0.3 is 10.6 Å². The fourth-order valence-corrected chi connectivity index (χ4v) is 4.10. The van der Waals surface area contributed by atoms with Gasteiger partial charge in [-0.25, -0.2) is 13.1 Å². The molecule has 1 aromatic rings. The Balaban J connectivity index is 1.89. The van der Waals surface area contributed by atoms with Crippen molar-refractivity contribution in [3.8, 4) is 0 Å². The standard InChI is InChI=1S/C12H19N3O2S2/c13-11-3-1-2-4-12(11)19(16,17)14-5-6-15-7-9-18-10-8-15/h1-4,14H,5-10,13H2. The second kappa shape index (κ2) is 6.60. The van der Waals surface area contributed by atoms with Crippen molar-refractivity contribution in [3.05, 3.63) is 24.3 Å². The summed E-state index contributed by atoms with van der Waals surface area (Å²) in [6, 6.07) is 6.51. The van der Waals surface area contributed by atoms with E-state index in [-0.39, 0.29) is 10.6 Å². The average molecular weight is 301 g/mol. The van der Waals surface area contributed by atoms with Crippen LogP contribution < -0.4 is 10.5 Å². The number of benzene rings is 1. The van der Waals surface area contributed by atoms with Crippen LogP contribution in [0.25, 0.3) is 0 Å². The van der Waals surface area contributed by atoms with Crippen LogP contribution in [0.4, 0.5) is 5.69 Å². The zero-order chi connectivity index (χ0) is 13.7. The normalized spacial score (nSPS) is 17.5. The van der Waals surface area contributed by atoms with Crippen LogP contribution in [0.5, 0.6) is 0 Å². The van der Waals surface area contributed by atoms with Crippen LogP contribution in [0, 0.1) is 0 Å². The number of thioether (sulfide) groups is 1. The van der Waals surface area contributed by atoms with E-state index >= 15 is 0 Å². The molecule has 0 aliphatic carbocycles. The summed E-state index contributed by atoms with van der Waals surface area (Å²) in [7, 11) is -3.50. The lowest BCUT2D eigenvalue weighted by Crippen LogP contribution is -2.39. The Hall–Kier alpha value is -0.760. The number of para-hydroxylation sites is 1. The lowest BCUT2D eigenvalue weighted by Gasteiger charge is -2.26. The summed E-state index contributed by atoms with van der Waals surface area (Å²) in [4.78, 5) is 2.43. The Kier molecular flexibility index (Phi) is 5.09. The maximum atomic E-state index is 12.1. The van der Waals surface area contributed by atoms with Gasteiger partial charge in [0.2, 0.25) is 10.0 Å². The lowest BCUT2D eigenvalue weighted by atomic mass is 10.3. The first-order valence-corrected chi connectivity index (χ1v) is 8.88. The molecule has 7 heteroatoms. The highest BCUT2D eigenvalue weighted by Crippen LogP contribution is 2.16. The molecular formula is C12H19N3O2S2. The Bertz CT molecular complexity index is 513. The number of nitrogens with two attached hydrogens (primary N) is 1. The third kappa shape index (κ3) is 4.10. The first-order chi connectivity index (χ1) is 9.09. The van der Waals surface area contributed by atoms with Crippen LogP contribution in [-0.4, -0.2) is 51.0 Å². The lowest BCUT2D eigenvalue weighted by molar-refractivity contribution is 0.307. The zero-order valence-electron chi connectivity index (χ0n) is 10.7. The molecule has 0 radical (unpaired) electrons. The molecule has 0 saturated carbocycles. The monoisotopic (exact) mass is 301 g/mol. The molecule has 19 heavy (non-hydrogen) atoms. The highest BCUT2D eigenvalue weighted by Gasteiger charge is 2.17. The molecule has 1 aliphatic heterocycles. The largest absolute Gasteiger partial charge is 0.398 e. The first kappa shape index (κ1) is 14.6. The van der Waals surface area contributed by atoms with Gasteiger partial charge in [-0.2, -0.15) is 11.8 Å². The fourth-order valence-electron chi connectivity index (χ4n) is 1.97. The van der Waals surface area contributed by atoms with E-state index in [9.17, 15) is 8.42 Å². The summed E-state index contributed by atoms with van der Waals surface area (Å²) in [6.45, 7) is 3.22. The minimum atomic E-state index is -3.50. The Labute approximate surface area is 118 Å². The van der Waals surface area contributed by atoms with Crippen LogP contribution in [0.15, 0.2) is 29.2 Å². The molecule has 0 spiro atoms. The van der Waals surface area contributed by atoms with E-state index in [1.165, 1.54) is 6.07 Å². The van der Waals surface area contributed by atoms with E-state index in [4.69, 9.17) is 5.73 Å². The summed E-state index contributed by atoms with van der Waals surface area (Å²) < 4.78 is 26.8. The average Bonchev–Trinajstić information content (AvgIpc) is 2.40. The molecule has 1 aliphatic rings. The summed E-state index contributed by atoms with van der Waals surface area (Å²) in [6.07, 6.45) is 0. The van der Waals surface area contributed by atoms with Crippen LogP contribution in [-0.2, 0) is 10.0 Å². The molecule has 1 fully saturated rings. The number of hydrogen-bond donors (Lipinski definition) is 2. The topological polar surface area (TPSA) is 75.4 Å². The predicted molar refractivity (Wildman–Crippen MR) is 79.8 cm³/mol. The molecule has 0 atom stereocenters. The summed E-state index contributed by atoms with van der Waals surface area (Å²) >= 11 is 1.94. The Morgan fingerprint density at radius 3 is 2.63 bits per heavy atom. The molecule has 106 valence electrons. The number of nitrogen functional groups attached to an aromatic ring is 1. The summed E-state index contributed by atoms with van der Waals surface area (Å²) in [5.74, 6) is 2.25. The van der Waals surface area contributed by atoms with E-state index in [0.717, 1.165) is 31.1 Å². The van der Waals surface area contributed by atoms with Gasteiger partial charge in [0.15, 0.2) is 0 Å². The van der Waals surface area contributed by atoms with Gasteiger partial charge in [0.25, 0.3) is 0 Å². The number of anilines is 1. The van der Waals surface area contributed by atoms with Crippen LogP contribution >= 0.6 is 11.8 Å².